The molecule has 0 fully saturated rings. The van der Waals surface area contributed by atoms with Gasteiger partial charge in [-0.25, -0.2) is 0 Å². The average molecular weight is 228 g/mol. The molecule has 96 valence electrons. The van der Waals surface area contributed by atoms with Gasteiger partial charge < -0.3 is 5.11 Å². The van der Waals surface area contributed by atoms with Crippen molar-refractivity contribution in [3.05, 3.63) is 23.3 Å². The van der Waals surface area contributed by atoms with Crippen LogP contribution in [0.25, 0.3) is 0 Å². The van der Waals surface area contributed by atoms with Crippen LogP contribution in [0.5, 0.6) is 0 Å². The third-order valence-electron chi connectivity index (χ3n) is 2.25. The number of hydrogen-bond donors (Lipinski definition) is 3. The van der Waals surface area contributed by atoms with Gasteiger partial charge in [-0.15, -0.1) is 0 Å². The fraction of sp³-hybridized carbons (Fsp3) is 0.692. The second kappa shape index (κ2) is 10.9. The first kappa shape index (κ1) is 17.7. The Labute approximate surface area is 100 Å². The fourth-order valence-electron chi connectivity index (χ4n) is 1.65. The van der Waals surface area contributed by atoms with E-state index in [1.54, 1.807) is 0 Å². The van der Waals surface area contributed by atoms with Gasteiger partial charge in [0, 0.05) is 0 Å². The number of nitrogens with one attached hydrogen (secondary N) is 1. The highest BCUT2D eigenvalue weighted by Gasteiger charge is 2.28. The number of aliphatic hydroxyl groups excluding tert-OH is 1. The number of allylic oxidation sites excluding steroid dienone is 1. The zero-order valence-electron chi connectivity index (χ0n) is 11.5. The van der Waals surface area contributed by atoms with E-state index in [1.807, 2.05) is 53.7 Å². The Morgan fingerprint density at radius 1 is 1.31 bits per heavy atom. The molecule has 0 amide bonds. The summed E-state index contributed by atoms with van der Waals surface area (Å²) in [5.41, 5.74) is 4.95. The van der Waals surface area contributed by atoms with Gasteiger partial charge in [-0.1, -0.05) is 45.4 Å². The van der Waals surface area contributed by atoms with Crippen LogP contribution in [-0.2, 0) is 0 Å². The van der Waals surface area contributed by atoms with Gasteiger partial charge in [-0.3, -0.25) is 11.3 Å². The molecule has 0 saturated heterocycles. The lowest BCUT2D eigenvalue weighted by Crippen LogP contribution is -2.42. The highest BCUT2D eigenvalue weighted by Crippen LogP contribution is 2.26. The third-order valence-corrected chi connectivity index (χ3v) is 2.25. The standard InChI is InChI=1S/C9H16N2O.2C2H6/c1-3-4-7-6(2)5-8(12)9(7)11-10;2*1-2/h3-4,8-9,11-12H,5,10H2,1-2H3;2*1-2H3/b4-3-;;/t8?,9-;;/m1../s1. The molecule has 16 heavy (non-hydrogen) atoms. The van der Waals surface area contributed by atoms with E-state index in [9.17, 15) is 5.11 Å². The van der Waals surface area contributed by atoms with Crippen LogP contribution in [0.2, 0.25) is 0 Å². The number of hydrogen-bond acceptors (Lipinski definition) is 3. The van der Waals surface area contributed by atoms with Crippen molar-refractivity contribution in [1.82, 2.24) is 5.43 Å². The first-order valence-electron chi connectivity index (χ1n) is 6.17. The van der Waals surface area contributed by atoms with E-state index in [0.29, 0.717) is 6.42 Å². The van der Waals surface area contributed by atoms with Crippen LogP contribution in [-0.4, -0.2) is 17.3 Å². The molecule has 0 aromatic heterocycles. The fourth-order valence-corrected chi connectivity index (χ4v) is 1.65. The topological polar surface area (TPSA) is 58.3 Å². The highest BCUT2D eigenvalue weighted by molar-refractivity contribution is 5.36. The predicted molar refractivity (Wildman–Crippen MR) is 71.9 cm³/mol. The monoisotopic (exact) mass is 228 g/mol. The second-order valence-corrected chi connectivity index (χ2v) is 3.15. The minimum absolute atomic E-state index is 0.0961. The number of hydrazine groups is 1. The van der Waals surface area contributed by atoms with Crippen LogP contribution in [0.3, 0.4) is 0 Å². The maximum absolute atomic E-state index is 9.54. The van der Waals surface area contributed by atoms with Crippen molar-refractivity contribution in [2.75, 3.05) is 0 Å². The van der Waals surface area contributed by atoms with E-state index in [4.69, 9.17) is 5.84 Å². The summed E-state index contributed by atoms with van der Waals surface area (Å²) < 4.78 is 0. The molecule has 0 saturated carbocycles. The lowest BCUT2D eigenvalue weighted by atomic mass is 10.1. The van der Waals surface area contributed by atoms with Gasteiger partial charge in [0.2, 0.25) is 0 Å². The summed E-state index contributed by atoms with van der Waals surface area (Å²) in [7, 11) is 0. The summed E-state index contributed by atoms with van der Waals surface area (Å²) in [6, 6.07) is -0.0961. The largest absolute Gasteiger partial charge is 0.391 e. The van der Waals surface area contributed by atoms with Crippen molar-refractivity contribution >= 4 is 0 Å². The maximum atomic E-state index is 9.54. The smallest absolute Gasteiger partial charge is 0.0784 e. The molecule has 0 bridgehead atoms. The summed E-state index contributed by atoms with van der Waals surface area (Å²) in [5, 5.41) is 9.54. The molecule has 1 aliphatic rings. The van der Waals surface area contributed by atoms with Gasteiger partial charge in [-0.2, -0.15) is 0 Å². The summed E-state index contributed by atoms with van der Waals surface area (Å²) in [4.78, 5) is 0. The van der Waals surface area contributed by atoms with Gasteiger partial charge in [0.1, 0.15) is 0 Å². The van der Waals surface area contributed by atoms with Crippen molar-refractivity contribution in [1.29, 1.82) is 0 Å². The third kappa shape index (κ3) is 4.92. The number of nitrogens with two attached hydrogens (primary N) is 1. The Bertz CT molecular complexity index is 222. The molecular weight excluding hydrogens is 200 g/mol. The van der Waals surface area contributed by atoms with E-state index in [-0.39, 0.29) is 12.1 Å². The van der Waals surface area contributed by atoms with Crippen molar-refractivity contribution in [3.8, 4) is 0 Å². The zero-order valence-corrected chi connectivity index (χ0v) is 11.5. The van der Waals surface area contributed by atoms with Crippen LogP contribution < -0.4 is 11.3 Å². The Kier molecular flexibility index (Phi) is 12.0. The van der Waals surface area contributed by atoms with E-state index in [1.165, 1.54) is 5.57 Å². The predicted octanol–water partition coefficient (Wildman–Crippen LogP) is 2.53. The SMILES string of the molecule is C/C=C\C1=C(C)CC(O)[C@@H]1NN.CC.CC. The van der Waals surface area contributed by atoms with E-state index in [2.05, 4.69) is 5.43 Å². The number of rotatable bonds is 2. The van der Waals surface area contributed by atoms with Gasteiger partial charge in [0.05, 0.1) is 12.1 Å². The minimum Gasteiger partial charge on any atom is -0.391 e. The molecule has 1 rings (SSSR count). The van der Waals surface area contributed by atoms with Gasteiger partial charge in [0.15, 0.2) is 0 Å². The molecule has 4 N–H and O–H groups in total. The Morgan fingerprint density at radius 3 is 2.19 bits per heavy atom. The molecule has 3 heteroatoms. The first-order chi connectivity index (χ1) is 7.70. The molecule has 3 nitrogen and oxygen atoms in total. The molecule has 0 heterocycles. The van der Waals surface area contributed by atoms with Crippen LogP contribution in [0.4, 0.5) is 0 Å². The molecule has 2 atom stereocenters. The number of aliphatic hydroxyl groups is 1. The molecular formula is C13H28N2O. The second-order valence-electron chi connectivity index (χ2n) is 3.15. The normalized spacial score (nSPS) is 23.8. The van der Waals surface area contributed by atoms with Crippen molar-refractivity contribution in [2.24, 2.45) is 5.84 Å². The lowest BCUT2D eigenvalue weighted by Gasteiger charge is -2.15. The van der Waals surface area contributed by atoms with E-state index >= 15 is 0 Å². The summed E-state index contributed by atoms with van der Waals surface area (Å²) >= 11 is 0. The molecule has 1 aliphatic carbocycles. The molecule has 1 unspecified atom stereocenters. The Morgan fingerprint density at radius 2 is 1.81 bits per heavy atom. The summed E-state index contributed by atoms with van der Waals surface area (Å²) in [5.74, 6) is 5.33. The average Bonchev–Trinajstić information content (AvgIpc) is 2.59. The molecule has 0 radical (unpaired) electrons. The van der Waals surface area contributed by atoms with Crippen LogP contribution in [0.1, 0.15) is 48.0 Å². The highest BCUT2D eigenvalue weighted by atomic mass is 16.3. The van der Waals surface area contributed by atoms with Crippen LogP contribution >= 0.6 is 0 Å². The maximum Gasteiger partial charge on any atom is 0.0784 e. The van der Waals surface area contributed by atoms with Crippen molar-refractivity contribution in [3.63, 3.8) is 0 Å². The van der Waals surface area contributed by atoms with E-state index in [0.717, 1.165) is 5.57 Å². The Balaban J connectivity index is 0. The summed E-state index contributed by atoms with van der Waals surface area (Å²) in [6.45, 7) is 12.0. The summed E-state index contributed by atoms with van der Waals surface area (Å²) in [6.07, 6.45) is 4.30. The molecule has 0 aromatic carbocycles. The lowest BCUT2D eigenvalue weighted by molar-refractivity contribution is 0.155. The molecule has 0 aromatic rings. The molecule has 0 aliphatic heterocycles. The first-order valence-corrected chi connectivity index (χ1v) is 6.17. The minimum atomic E-state index is -0.374. The van der Waals surface area contributed by atoms with Crippen LogP contribution in [0, 0.1) is 0 Å². The van der Waals surface area contributed by atoms with Crippen LogP contribution in [0.15, 0.2) is 23.3 Å². The quantitative estimate of drug-likeness (QED) is 0.503. The van der Waals surface area contributed by atoms with E-state index < -0.39 is 0 Å². The van der Waals surface area contributed by atoms with Gasteiger partial charge >= 0.3 is 0 Å². The van der Waals surface area contributed by atoms with Gasteiger partial charge in [-0.05, 0) is 25.8 Å². The zero-order chi connectivity index (χ0) is 13.1. The molecule has 0 spiro atoms. The van der Waals surface area contributed by atoms with Crippen molar-refractivity contribution < 1.29 is 5.11 Å². The Hall–Kier alpha value is -0.640. The van der Waals surface area contributed by atoms with Gasteiger partial charge in [0.25, 0.3) is 0 Å². The van der Waals surface area contributed by atoms with Crippen molar-refractivity contribution in [2.45, 2.75) is 60.1 Å².